The van der Waals surface area contributed by atoms with E-state index in [1.807, 2.05) is 0 Å². The highest BCUT2D eigenvalue weighted by molar-refractivity contribution is 5.88. The van der Waals surface area contributed by atoms with Crippen LogP contribution in [-0.2, 0) is 6.42 Å². The van der Waals surface area contributed by atoms with Crippen LogP contribution in [0.25, 0.3) is 0 Å². The average Bonchev–Trinajstić information content (AvgIpc) is 2.10. The predicted molar refractivity (Wildman–Crippen MR) is 42.7 cm³/mol. The molecule has 0 aromatic heterocycles. The molecule has 0 spiro atoms. The van der Waals surface area contributed by atoms with E-state index in [0.29, 0.717) is 6.07 Å². The number of halogens is 3. The lowest BCUT2D eigenvalue weighted by Gasteiger charge is -2.05. The number of carboxylic acids is 1. The summed E-state index contributed by atoms with van der Waals surface area (Å²) in [5.74, 6) is -6.02. The zero-order valence-electron chi connectivity index (χ0n) is 7.27. The smallest absolute Gasteiger partial charge is 0.341 e. The van der Waals surface area contributed by atoms with Gasteiger partial charge in [-0.1, -0.05) is 6.92 Å². The molecule has 0 saturated carbocycles. The summed E-state index contributed by atoms with van der Waals surface area (Å²) in [6.45, 7) is 1.51. The predicted octanol–water partition coefficient (Wildman–Crippen LogP) is 2.36. The second kappa shape index (κ2) is 3.69. The van der Waals surface area contributed by atoms with Crippen LogP contribution >= 0.6 is 0 Å². The molecular weight excluding hydrogens is 197 g/mol. The number of aryl methyl sites for hydroxylation is 1. The molecule has 14 heavy (non-hydrogen) atoms. The van der Waals surface area contributed by atoms with Gasteiger partial charge < -0.3 is 5.11 Å². The van der Waals surface area contributed by atoms with Gasteiger partial charge in [-0.25, -0.2) is 18.0 Å². The van der Waals surface area contributed by atoms with Crippen molar-refractivity contribution < 1.29 is 23.1 Å². The lowest BCUT2D eigenvalue weighted by molar-refractivity contribution is 0.0685. The molecule has 76 valence electrons. The van der Waals surface area contributed by atoms with E-state index in [1.165, 1.54) is 6.92 Å². The third-order valence-corrected chi connectivity index (χ3v) is 1.83. The van der Waals surface area contributed by atoms with E-state index in [9.17, 15) is 18.0 Å². The minimum absolute atomic E-state index is 0.0968. The van der Waals surface area contributed by atoms with E-state index < -0.39 is 29.0 Å². The number of rotatable bonds is 2. The first-order valence-corrected chi connectivity index (χ1v) is 3.88. The van der Waals surface area contributed by atoms with Gasteiger partial charge in [0.25, 0.3) is 0 Å². The summed E-state index contributed by atoms with van der Waals surface area (Å²) in [5.41, 5.74) is -1.43. The van der Waals surface area contributed by atoms with Gasteiger partial charge in [0.2, 0.25) is 0 Å². The third kappa shape index (κ3) is 1.57. The van der Waals surface area contributed by atoms with Gasteiger partial charge >= 0.3 is 5.97 Å². The minimum atomic E-state index is -1.82. The molecule has 0 heterocycles. The van der Waals surface area contributed by atoms with Crippen LogP contribution in [0.15, 0.2) is 6.07 Å². The van der Waals surface area contributed by atoms with Gasteiger partial charge in [-0.15, -0.1) is 0 Å². The lowest BCUT2D eigenvalue weighted by Crippen LogP contribution is -2.09. The quantitative estimate of drug-likeness (QED) is 0.751. The molecule has 1 N–H and O–H groups in total. The molecule has 0 radical (unpaired) electrons. The Morgan fingerprint density at radius 3 is 2.36 bits per heavy atom. The standard InChI is InChI=1S/C9H7F3O2/c1-2-4-3-5(10)6(9(13)14)8(12)7(4)11/h3H,2H2,1H3,(H,13,14). The second-order valence-corrected chi connectivity index (χ2v) is 2.68. The largest absolute Gasteiger partial charge is 0.477 e. The van der Waals surface area contributed by atoms with Crippen molar-refractivity contribution in [2.75, 3.05) is 0 Å². The van der Waals surface area contributed by atoms with E-state index in [0.717, 1.165) is 0 Å². The summed E-state index contributed by atoms with van der Waals surface area (Å²) < 4.78 is 38.9. The zero-order valence-corrected chi connectivity index (χ0v) is 7.27. The average molecular weight is 204 g/mol. The van der Waals surface area contributed by atoms with Crippen molar-refractivity contribution in [3.05, 3.63) is 34.6 Å². The zero-order chi connectivity index (χ0) is 10.9. The van der Waals surface area contributed by atoms with Crippen molar-refractivity contribution in [3.8, 4) is 0 Å². The molecule has 0 aliphatic heterocycles. The molecule has 0 aliphatic rings. The van der Waals surface area contributed by atoms with Crippen molar-refractivity contribution in [2.24, 2.45) is 0 Å². The Bertz CT molecular complexity index is 388. The number of hydrogen-bond donors (Lipinski definition) is 1. The Labute approximate surface area is 78.0 Å². The van der Waals surface area contributed by atoms with Gasteiger partial charge in [0.05, 0.1) is 0 Å². The van der Waals surface area contributed by atoms with Crippen LogP contribution in [0.4, 0.5) is 13.2 Å². The third-order valence-electron chi connectivity index (χ3n) is 1.83. The van der Waals surface area contributed by atoms with Crippen LogP contribution in [0.1, 0.15) is 22.8 Å². The van der Waals surface area contributed by atoms with E-state index in [1.54, 1.807) is 0 Å². The van der Waals surface area contributed by atoms with E-state index in [2.05, 4.69) is 0 Å². The van der Waals surface area contributed by atoms with Gasteiger partial charge in [0, 0.05) is 0 Å². The Hall–Kier alpha value is -1.52. The number of benzene rings is 1. The normalized spacial score (nSPS) is 10.3. The Balaban J connectivity index is 3.49. The summed E-state index contributed by atoms with van der Waals surface area (Å²) >= 11 is 0. The number of hydrogen-bond acceptors (Lipinski definition) is 1. The Kier molecular flexibility index (Phi) is 2.78. The van der Waals surface area contributed by atoms with E-state index in [4.69, 9.17) is 5.11 Å². The highest BCUT2D eigenvalue weighted by atomic mass is 19.2. The maximum Gasteiger partial charge on any atom is 0.341 e. The summed E-state index contributed by atoms with van der Waals surface area (Å²) in [6.07, 6.45) is 0.0968. The molecule has 0 amide bonds. The maximum absolute atomic E-state index is 13.0. The van der Waals surface area contributed by atoms with Crippen molar-refractivity contribution in [3.63, 3.8) is 0 Å². The van der Waals surface area contributed by atoms with Gasteiger partial charge in [-0.3, -0.25) is 0 Å². The molecule has 0 unspecified atom stereocenters. The molecule has 0 fully saturated rings. The van der Waals surface area contributed by atoms with Crippen LogP contribution < -0.4 is 0 Å². The van der Waals surface area contributed by atoms with Crippen LogP contribution in [0.3, 0.4) is 0 Å². The Morgan fingerprint density at radius 1 is 1.36 bits per heavy atom. The summed E-state index contributed by atoms with van der Waals surface area (Å²) in [7, 11) is 0. The van der Waals surface area contributed by atoms with E-state index in [-0.39, 0.29) is 12.0 Å². The minimum Gasteiger partial charge on any atom is -0.477 e. The van der Waals surface area contributed by atoms with Gasteiger partial charge in [0.1, 0.15) is 11.4 Å². The summed E-state index contributed by atoms with van der Waals surface area (Å²) in [5, 5.41) is 8.39. The molecule has 1 aromatic rings. The SMILES string of the molecule is CCc1cc(F)c(C(=O)O)c(F)c1F. The Morgan fingerprint density at radius 2 is 1.93 bits per heavy atom. The van der Waals surface area contributed by atoms with Gasteiger partial charge in [-0.2, -0.15) is 0 Å². The van der Waals surface area contributed by atoms with Crippen molar-refractivity contribution in [1.82, 2.24) is 0 Å². The summed E-state index contributed by atoms with van der Waals surface area (Å²) in [4.78, 5) is 10.3. The molecule has 0 atom stereocenters. The number of aromatic carboxylic acids is 1. The topological polar surface area (TPSA) is 37.3 Å². The number of carbonyl (C=O) groups is 1. The fourth-order valence-electron chi connectivity index (χ4n) is 1.10. The molecule has 1 aromatic carbocycles. The number of carboxylic acid groups (broad SMARTS) is 1. The monoisotopic (exact) mass is 204 g/mol. The fraction of sp³-hybridized carbons (Fsp3) is 0.222. The van der Waals surface area contributed by atoms with Crippen molar-refractivity contribution in [2.45, 2.75) is 13.3 Å². The van der Waals surface area contributed by atoms with E-state index >= 15 is 0 Å². The van der Waals surface area contributed by atoms with Gasteiger partial charge in [-0.05, 0) is 18.1 Å². The van der Waals surface area contributed by atoms with Gasteiger partial charge in [0.15, 0.2) is 11.6 Å². The molecule has 5 heteroatoms. The van der Waals surface area contributed by atoms with Crippen LogP contribution in [0.5, 0.6) is 0 Å². The highest BCUT2D eigenvalue weighted by Gasteiger charge is 2.22. The molecular formula is C9H7F3O2. The second-order valence-electron chi connectivity index (χ2n) is 2.68. The van der Waals surface area contributed by atoms with Crippen LogP contribution in [-0.4, -0.2) is 11.1 Å². The molecule has 0 saturated heterocycles. The molecule has 0 bridgehead atoms. The highest BCUT2D eigenvalue weighted by Crippen LogP contribution is 2.20. The first-order valence-electron chi connectivity index (χ1n) is 3.88. The maximum atomic E-state index is 13.0. The first kappa shape index (κ1) is 10.6. The fourth-order valence-corrected chi connectivity index (χ4v) is 1.10. The summed E-state index contributed by atoms with van der Waals surface area (Å²) in [6, 6.07) is 0.696. The molecule has 0 aliphatic carbocycles. The lowest BCUT2D eigenvalue weighted by atomic mass is 10.1. The van der Waals surface area contributed by atoms with Crippen molar-refractivity contribution in [1.29, 1.82) is 0 Å². The van der Waals surface area contributed by atoms with Crippen LogP contribution in [0, 0.1) is 17.5 Å². The van der Waals surface area contributed by atoms with Crippen molar-refractivity contribution >= 4 is 5.97 Å². The molecule has 1 rings (SSSR count). The first-order chi connectivity index (χ1) is 6.49. The molecule has 2 nitrogen and oxygen atoms in total. The van der Waals surface area contributed by atoms with Crippen LogP contribution in [0.2, 0.25) is 0 Å².